The average Bonchev–Trinajstić information content (AvgIpc) is 3.33. The summed E-state index contributed by atoms with van der Waals surface area (Å²) < 4.78 is 13.8. The molecule has 0 aliphatic carbocycles. The highest BCUT2D eigenvalue weighted by Crippen LogP contribution is 2.44. The molecule has 1 aliphatic rings. The second-order valence-corrected chi connectivity index (χ2v) is 10.9. The van der Waals surface area contributed by atoms with Crippen LogP contribution >= 0.6 is 31.9 Å². The number of nitrogens with zero attached hydrogens (tertiary/aromatic N) is 1. The molecule has 0 unspecified atom stereocenters. The third kappa shape index (κ3) is 6.88. The Hall–Kier alpha value is -2.76. The molecule has 4 rings (SSSR count). The quantitative estimate of drug-likeness (QED) is 0.218. The van der Waals surface area contributed by atoms with E-state index in [1.165, 1.54) is 0 Å². The molecular formula is C29H30Br2N2O6. The molecule has 0 fully saturated rings. The van der Waals surface area contributed by atoms with E-state index in [-0.39, 0.29) is 18.9 Å². The zero-order chi connectivity index (χ0) is 27.8. The van der Waals surface area contributed by atoms with Crippen molar-refractivity contribution in [3.05, 3.63) is 98.4 Å². The van der Waals surface area contributed by atoms with E-state index in [0.717, 1.165) is 20.1 Å². The number of hydrogen-bond donors (Lipinski definition) is 4. The van der Waals surface area contributed by atoms with E-state index in [0.29, 0.717) is 24.3 Å². The van der Waals surface area contributed by atoms with Gasteiger partial charge in [0.1, 0.15) is 5.75 Å². The maximum Gasteiger partial charge on any atom is 0.253 e. The summed E-state index contributed by atoms with van der Waals surface area (Å²) in [5, 5.41) is 31.2. The average molecular weight is 662 g/mol. The molecule has 1 heterocycles. The van der Waals surface area contributed by atoms with Crippen LogP contribution in [0.25, 0.3) is 0 Å². The Labute approximate surface area is 244 Å². The molecule has 206 valence electrons. The van der Waals surface area contributed by atoms with E-state index in [9.17, 15) is 15.0 Å². The van der Waals surface area contributed by atoms with Crippen molar-refractivity contribution in [2.75, 3.05) is 26.4 Å². The number of carbonyl (C=O) groups excluding carboxylic acids is 1. The predicted octanol–water partition coefficient (Wildman–Crippen LogP) is 3.94. The second-order valence-electron chi connectivity index (χ2n) is 9.15. The number of halogens is 2. The summed E-state index contributed by atoms with van der Waals surface area (Å²) in [6.45, 7) is -0.406. The number of aliphatic hydroxyl groups excluding tert-OH is 3. The molecule has 0 spiro atoms. The lowest BCUT2D eigenvalue weighted by atomic mass is 9.81. The number of carbonyl (C=O) groups is 1. The minimum atomic E-state index is -1.45. The van der Waals surface area contributed by atoms with Gasteiger partial charge in [-0.3, -0.25) is 4.79 Å². The van der Waals surface area contributed by atoms with Crippen molar-refractivity contribution in [1.29, 1.82) is 0 Å². The fourth-order valence-corrected chi connectivity index (χ4v) is 5.08. The summed E-state index contributed by atoms with van der Waals surface area (Å²) >= 11 is 7.07. The summed E-state index contributed by atoms with van der Waals surface area (Å²) in [6, 6.07) is 21.5. The molecule has 10 heteroatoms. The van der Waals surface area contributed by atoms with E-state index in [1.54, 1.807) is 12.1 Å². The van der Waals surface area contributed by atoms with Crippen LogP contribution in [-0.2, 0) is 16.0 Å². The molecule has 3 aromatic carbocycles. The fourth-order valence-electron chi connectivity index (χ4n) is 4.32. The van der Waals surface area contributed by atoms with Crippen molar-refractivity contribution in [3.63, 3.8) is 0 Å². The molecule has 0 saturated carbocycles. The van der Waals surface area contributed by atoms with Gasteiger partial charge in [-0.15, -0.1) is 0 Å². The van der Waals surface area contributed by atoms with Crippen molar-refractivity contribution in [2.45, 2.75) is 30.5 Å². The highest BCUT2D eigenvalue weighted by molar-refractivity contribution is 9.10. The molecule has 0 radical (unpaired) electrons. The van der Waals surface area contributed by atoms with Gasteiger partial charge in [-0.1, -0.05) is 62.2 Å². The van der Waals surface area contributed by atoms with Crippen molar-refractivity contribution < 1.29 is 29.6 Å². The standard InChI is InChI=1S/C29H30Br2N2O6/c30-21-10-6-19(7-11-21)16-29(28(37)32-22(17-35)18-36)26(24-4-1-2-5-25(24)31)39-27(33-29)20-8-12-23(13-9-20)38-15-3-14-34/h1-2,4-13,22,26,34-36H,3,14-18H2,(H,32,37)/t26-,29-/m1/s1. The molecule has 1 amide bonds. The van der Waals surface area contributed by atoms with Gasteiger partial charge in [0, 0.05) is 39.5 Å². The molecule has 1 aliphatic heterocycles. The van der Waals surface area contributed by atoms with Crippen LogP contribution in [0.2, 0.25) is 0 Å². The Kier molecular flexibility index (Phi) is 10.1. The maximum absolute atomic E-state index is 14.1. The monoisotopic (exact) mass is 660 g/mol. The molecule has 4 N–H and O–H groups in total. The first kappa shape index (κ1) is 29.2. The largest absolute Gasteiger partial charge is 0.494 e. The van der Waals surface area contributed by atoms with Gasteiger partial charge in [-0.25, -0.2) is 4.99 Å². The third-order valence-corrected chi connectivity index (χ3v) is 7.63. The fraction of sp³-hybridized carbons (Fsp3) is 0.310. The molecule has 0 saturated heterocycles. The van der Waals surface area contributed by atoms with Crippen molar-refractivity contribution in [1.82, 2.24) is 5.32 Å². The SMILES string of the molecule is O=C(NC(CO)CO)[C@]1(Cc2ccc(Br)cc2)N=C(c2ccc(OCCCO)cc2)O[C@@H]1c1ccccc1Br. The number of rotatable bonds is 12. The predicted molar refractivity (Wildman–Crippen MR) is 155 cm³/mol. The Bertz CT molecular complexity index is 1280. The topological polar surface area (TPSA) is 121 Å². The number of ether oxygens (including phenoxy) is 2. The van der Waals surface area contributed by atoms with E-state index in [2.05, 4.69) is 37.2 Å². The normalized spacial score (nSPS) is 18.5. The van der Waals surface area contributed by atoms with Gasteiger partial charge < -0.3 is 30.1 Å². The number of hydrogen-bond acceptors (Lipinski definition) is 7. The Morgan fingerprint density at radius 1 is 1.00 bits per heavy atom. The highest BCUT2D eigenvalue weighted by Gasteiger charge is 2.54. The van der Waals surface area contributed by atoms with Crippen LogP contribution in [0.5, 0.6) is 5.75 Å². The van der Waals surface area contributed by atoms with Crippen LogP contribution in [0.4, 0.5) is 0 Å². The van der Waals surface area contributed by atoms with E-state index in [4.69, 9.17) is 19.6 Å². The van der Waals surface area contributed by atoms with Gasteiger partial charge in [-0.05, 0) is 48.0 Å². The number of nitrogens with one attached hydrogen (secondary N) is 1. The lowest BCUT2D eigenvalue weighted by Gasteiger charge is -2.32. The van der Waals surface area contributed by atoms with Gasteiger partial charge in [0.15, 0.2) is 11.6 Å². The Morgan fingerprint density at radius 2 is 1.69 bits per heavy atom. The molecule has 8 nitrogen and oxygen atoms in total. The molecular weight excluding hydrogens is 632 g/mol. The Morgan fingerprint density at radius 3 is 2.33 bits per heavy atom. The lowest BCUT2D eigenvalue weighted by Crippen LogP contribution is -2.54. The summed E-state index contributed by atoms with van der Waals surface area (Å²) in [4.78, 5) is 19.0. The van der Waals surface area contributed by atoms with Gasteiger partial charge >= 0.3 is 0 Å². The van der Waals surface area contributed by atoms with Crippen LogP contribution < -0.4 is 10.1 Å². The number of amides is 1. The number of aliphatic hydroxyl groups is 3. The van der Waals surface area contributed by atoms with Crippen LogP contribution in [0, 0.1) is 0 Å². The zero-order valence-corrected chi connectivity index (χ0v) is 24.3. The summed E-state index contributed by atoms with van der Waals surface area (Å²) in [5.74, 6) is 0.452. The third-order valence-electron chi connectivity index (χ3n) is 6.38. The first-order valence-corrected chi connectivity index (χ1v) is 14.1. The van der Waals surface area contributed by atoms with Gasteiger partial charge in [0.05, 0.1) is 25.9 Å². The van der Waals surface area contributed by atoms with Crippen LogP contribution in [0.1, 0.15) is 29.2 Å². The first-order chi connectivity index (χ1) is 18.9. The summed E-state index contributed by atoms with van der Waals surface area (Å²) in [6.07, 6.45) is -0.0833. The molecule has 2 atom stereocenters. The van der Waals surface area contributed by atoms with Crippen molar-refractivity contribution in [2.24, 2.45) is 4.99 Å². The van der Waals surface area contributed by atoms with E-state index < -0.39 is 36.8 Å². The number of aliphatic imine (C=N–C) groups is 1. The Balaban J connectivity index is 1.80. The molecule has 39 heavy (non-hydrogen) atoms. The maximum atomic E-state index is 14.1. The minimum absolute atomic E-state index is 0.0507. The zero-order valence-electron chi connectivity index (χ0n) is 21.1. The lowest BCUT2D eigenvalue weighted by molar-refractivity contribution is -0.130. The van der Waals surface area contributed by atoms with Gasteiger partial charge in [0.2, 0.25) is 5.90 Å². The molecule has 0 aromatic heterocycles. The summed E-state index contributed by atoms with van der Waals surface area (Å²) in [5.41, 5.74) is 0.799. The minimum Gasteiger partial charge on any atom is -0.494 e. The van der Waals surface area contributed by atoms with Crippen LogP contribution in [0.15, 0.2) is 86.7 Å². The van der Waals surface area contributed by atoms with E-state index >= 15 is 0 Å². The first-order valence-electron chi connectivity index (χ1n) is 12.5. The molecule has 0 bridgehead atoms. The van der Waals surface area contributed by atoms with Crippen LogP contribution in [0.3, 0.4) is 0 Å². The van der Waals surface area contributed by atoms with E-state index in [1.807, 2.05) is 60.7 Å². The second kappa shape index (κ2) is 13.5. The van der Waals surface area contributed by atoms with Crippen molar-refractivity contribution >= 4 is 43.7 Å². The van der Waals surface area contributed by atoms with Crippen molar-refractivity contribution in [3.8, 4) is 5.75 Å². The molecule has 3 aromatic rings. The highest BCUT2D eigenvalue weighted by atomic mass is 79.9. The number of benzene rings is 3. The van der Waals surface area contributed by atoms with Crippen LogP contribution in [-0.4, -0.2) is 65.1 Å². The van der Waals surface area contributed by atoms with Gasteiger partial charge in [-0.2, -0.15) is 0 Å². The smallest absolute Gasteiger partial charge is 0.253 e. The van der Waals surface area contributed by atoms with Gasteiger partial charge in [0.25, 0.3) is 5.91 Å². The summed E-state index contributed by atoms with van der Waals surface area (Å²) in [7, 11) is 0.